The molecule has 0 radical (unpaired) electrons. The first-order valence-electron chi connectivity index (χ1n) is 9.13. The summed E-state index contributed by atoms with van der Waals surface area (Å²) in [6.45, 7) is 3.80. The van der Waals surface area contributed by atoms with Gasteiger partial charge in [0.2, 0.25) is 0 Å². The number of imide groups is 1. The van der Waals surface area contributed by atoms with Gasteiger partial charge in [-0.15, -0.1) is 5.01 Å². The van der Waals surface area contributed by atoms with E-state index in [2.05, 4.69) is 10.4 Å². The molecular weight excluding hydrogens is 394 g/mol. The van der Waals surface area contributed by atoms with Crippen LogP contribution in [0.25, 0.3) is 0 Å². The number of carbonyl (C=O) groups excluding carboxylic acids is 2. The summed E-state index contributed by atoms with van der Waals surface area (Å²) in [4.78, 5) is 24.4. The lowest BCUT2D eigenvalue weighted by Gasteiger charge is -2.17. The third-order valence-corrected chi connectivity index (χ3v) is 5.17. The van der Waals surface area contributed by atoms with E-state index in [4.69, 9.17) is 21.1 Å². The van der Waals surface area contributed by atoms with Gasteiger partial charge in [0.25, 0.3) is 5.91 Å². The molecule has 3 amide bonds. The minimum Gasteiger partial charge on any atom is -0.493 e. The Morgan fingerprint density at radius 2 is 1.97 bits per heavy atom. The zero-order valence-corrected chi connectivity index (χ0v) is 17.2. The van der Waals surface area contributed by atoms with Crippen LogP contribution in [-0.4, -0.2) is 35.8 Å². The number of halogens is 1. The van der Waals surface area contributed by atoms with Gasteiger partial charge in [0.05, 0.1) is 13.3 Å². The lowest BCUT2D eigenvalue weighted by molar-refractivity contribution is -0.130. The molecule has 1 unspecified atom stereocenters. The highest BCUT2D eigenvalue weighted by molar-refractivity contribution is 6.31. The van der Waals surface area contributed by atoms with Crippen LogP contribution in [0.3, 0.4) is 0 Å². The summed E-state index contributed by atoms with van der Waals surface area (Å²) >= 11 is 6.15. The number of hydrogen-bond acceptors (Lipinski definition) is 5. The minimum absolute atomic E-state index is 0.293. The van der Waals surface area contributed by atoms with Gasteiger partial charge in [-0.1, -0.05) is 36.7 Å². The summed E-state index contributed by atoms with van der Waals surface area (Å²) in [7, 11) is 1.53. The average molecular weight is 416 g/mol. The molecule has 1 aliphatic rings. The molecule has 2 aromatic rings. The summed E-state index contributed by atoms with van der Waals surface area (Å²) in [6.07, 6.45) is 1.91. The summed E-state index contributed by atoms with van der Waals surface area (Å²) in [6, 6.07) is 12.1. The van der Waals surface area contributed by atoms with Gasteiger partial charge in [-0.25, -0.2) is 4.79 Å². The van der Waals surface area contributed by atoms with Gasteiger partial charge in [-0.05, 0) is 43.2 Å². The van der Waals surface area contributed by atoms with Crippen LogP contribution < -0.4 is 14.8 Å². The van der Waals surface area contributed by atoms with Crippen LogP contribution in [0, 0.1) is 0 Å². The summed E-state index contributed by atoms with van der Waals surface area (Å²) < 4.78 is 11.2. The lowest BCUT2D eigenvalue weighted by atomic mass is 10.00. The Labute approximate surface area is 174 Å². The molecule has 1 heterocycles. The van der Waals surface area contributed by atoms with Crippen LogP contribution in [0.1, 0.15) is 31.4 Å². The topological polar surface area (TPSA) is 80.2 Å². The largest absolute Gasteiger partial charge is 0.493 e. The van der Waals surface area contributed by atoms with Gasteiger partial charge in [0, 0.05) is 10.6 Å². The van der Waals surface area contributed by atoms with Gasteiger partial charge >= 0.3 is 6.03 Å². The van der Waals surface area contributed by atoms with E-state index >= 15 is 0 Å². The molecule has 1 atom stereocenters. The van der Waals surface area contributed by atoms with Gasteiger partial charge < -0.3 is 14.8 Å². The Kier molecular flexibility index (Phi) is 6.08. The van der Waals surface area contributed by atoms with Crippen LogP contribution in [-0.2, 0) is 11.4 Å². The number of ether oxygens (including phenoxy) is 2. The highest BCUT2D eigenvalue weighted by atomic mass is 35.5. The fourth-order valence-electron chi connectivity index (χ4n) is 2.79. The zero-order chi connectivity index (χ0) is 21.0. The Morgan fingerprint density at radius 3 is 2.62 bits per heavy atom. The molecule has 0 bridgehead atoms. The summed E-state index contributed by atoms with van der Waals surface area (Å²) in [5.74, 6) is 0.655. The Morgan fingerprint density at radius 1 is 1.21 bits per heavy atom. The SMILES string of the molecule is CCC1(C)NC(=O)N(N=Cc2ccc(OCc3ccccc3Cl)c(OC)c2)C1=O. The Bertz CT molecular complexity index is 963. The second kappa shape index (κ2) is 8.53. The molecule has 29 heavy (non-hydrogen) atoms. The third-order valence-electron chi connectivity index (χ3n) is 4.80. The first kappa shape index (κ1) is 20.7. The van der Waals surface area contributed by atoms with Crippen LogP contribution in [0.5, 0.6) is 11.5 Å². The molecule has 0 saturated carbocycles. The van der Waals surface area contributed by atoms with Crippen LogP contribution >= 0.6 is 11.6 Å². The zero-order valence-electron chi connectivity index (χ0n) is 16.4. The van der Waals surface area contributed by atoms with Crippen LogP contribution in [0.15, 0.2) is 47.6 Å². The molecule has 7 nitrogen and oxygen atoms in total. The van der Waals surface area contributed by atoms with Crippen molar-refractivity contribution in [3.63, 3.8) is 0 Å². The number of nitrogens with one attached hydrogen (secondary N) is 1. The summed E-state index contributed by atoms with van der Waals surface area (Å²) in [5, 5.41) is 8.17. The van der Waals surface area contributed by atoms with E-state index in [1.165, 1.54) is 13.3 Å². The minimum atomic E-state index is -0.928. The number of nitrogens with zero attached hydrogens (tertiary/aromatic N) is 2. The highest BCUT2D eigenvalue weighted by Crippen LogP contribution is 2.29. The smallest absolute Gasteiger partial charge is 0.346 e. The fourth-order valence-corrected chi connectivity index (χ4v) is 2.98. The van der Waals surface area contributed by atoms with Crippen LogP contribution in [0.4, 0.5) is 4.79 Å². The van der Waals surface area contributed by atoms with Crippen molar-refractivity contribution >= 4 is 29.8 Å². The second-order valence-corrected chi connectivity index (χ2v) is 7.17. The molecule has 2 aromatic carbocycles. The Balaban J connectivity index is 1.73. The van der Waals surface area contributed by atoms with E-state index in [9.17, 15) is 9.59 Å². The highest BCUT2D eigenvalue weighted by Gasteiger charge is 2.46. The van der Waals surface area contributed by atoms with E-state index in [1.54, 1.807) is 31.2 Å². The number of benzene rings is 2. The number of hydrazone groups is 1. The molecule has 152 valence electrons. The lowest BCUT2D eigenvalue weighted by Crippen LogP contribution is -2.42. The second-order valence-electron chi connectivity index (χ2n) is 6.77. The average Bonchev–Trinajstić information content (AvgIpc) is 2.94. The summed E-state index contributed by atoms with van der Waals surface area (Å²) in [5.41, 5.74) is 0.583. The van der Waals surface area contributed by atoms with E-state index in [0.29, 0.717) is 35.1 Å². The number of carbonyl (C=O) groups is 2. The Hall–Kier alpha value is -3.06. The van der Waals surface area contributed by atoms with E-state index < -0.39 is 11.6 Å². The number of amides is 3. The molecular formula is C21H22ClN3O4. The van der Waals surface area contributed by atoms with Crippen molar-refractivity contribution in [1.29, 1.82) is 0 Å². The molecule has 1 aliphatic heterocycles. The first-order chi connectivity index (χ1) is 13.9. The van der Waals surface area contributed by atoms with Gasteiger partial charge in [-0.2, -0.15) is 5.10 Å². The van der Waals surface area contributed by atoms with E-state index in [-0.39, 0.29) is 5.91 Å². The van der Waals surface area contributed by atoms with E-state index in [1.807, 2.05) is 25.1 Å². The van der Waals surface area contributed by atoms with Crippen LogP contribution in [0.2, 0.25) is 5.02 Å². The molecule has 0 aromatic heterocycles. The standard InChI is InChI=1S/C21H22ClN3O4/c1-4-21(2)19(26)25(20(27)24-21)23-12-14-9-10-17(18(11-14)28-3)29-13-15-7-5-6-8-16(15)22/h5-12H,4,13H2,1-3H3,(H,24,27). The molecule has 1 fully saturated rings. The normalized spacial score (nSPS) is 19.0. The van der Waals surface area contributed by atoms with Crippen molar-refractivity contribution in [2.75, 3.05) is 7.11 Å². The molecule has 3 rings (SSSR count). The number of hydrogen-bond donors (Lipinski definition) is 1. The van der Waals surface area contributed by atoms with Gasteiger partial charge in [-0.3, -0.25) is 4.79 Å². The maximum Gasteiger partial charge on any atom is 0.346 e. The number of methoxy groups -OCH3 is 1. The first-order valence-corrected chi connectivity index (χ1v) is 9.50. The van der Waals surface area contributed by atoms with Gasteiger partial charge in [0.15, 0.2) is 11.5 Å². The van der Waals surface area contributed by atoms with Crippen molar-refractivity contribution in [3.05, 3.63) is 58.6 Å². The third kappa shape index (κ3) is 4.35. The van der Waals surface area contributed by atoms with Crippen molar-refractivity contribution in [2.24, 2.45) is 5.10 Å². The quantitative estimate of drug-likeness (QED) is 0.547. The number of urea groups is 1. The van der Waals surface area contributed by atoms with Crippen molar-refractivity contribution in [1.82, 2.24) is 10.3 Å². The molecule has 0 aliphatic carbocycles. The predicted molar refractivity (Wildman–Crippen MR) is 110 cm³/mol. The predicted octanol–water partition coefficient (Wildman–Crippen LogP) is 3.98. The fraction of sp³-hybridized carbons (Fsp3) is 0.286. The number of rotatable bonds is 7. The maximum absolute atomic E-state index is 12.4. The maximum atomic E-state index is 12.4. The van der Waals surface area contributed by atoms with E-state index in [0.717, 1.165) is 10.6 Å². The van der Waals surface area contributed by atoms with Gasteiger partial charge in [0.1, 0.15) is 12.1 Å². The molecule has 0 spiro atoms. The molecule has 1 saturated heterocycles. The van der Waals surface area contributed by atoms with Crippen molar-refractivity contribution < 1.29 is 19.1 Å². The van der Waals surface area contributed by atoms with Crippen molar-refractivity contribution in [2.45, 2.75) is 32.4 Å². The molecule has 1 N–H and O–H groups in total. The molecule has 8 heteroatoms. The van der Waals surface area contributed by atoms with Crippen molar-refractivity contribution in [3.8, 4) is 11.5 Å². The monoisotopic (exact) mass is 415 g/mol.